The van der Waals surface area contributed by atoms with E-state index >= 15 is 0 Å². The molecule has 2 saturated heterocycles. The topological polar surface area (TPSA) is 77.1 Å². The molecule has 0 unspecified atom stereocenters. The van der Waals surface area contributed by atoms with Gasteiger partial charge in [0.25, 0.3) is 0 Å². The van der Waals surface area contributed by atoms with Crippen LogP contribution in [-0.4, -0.2) is 49.6 Å². The second-order valence-electron chi connectivity index (χ2n) is 10.2. The fraction of sp³-hybridized carbons (Fsp3) is 0.379. The summed E-state index contributed by atoms with van der Waals surface area (Å²) in [7, 11) is -3.93. The molecular formula is C29H33BrN2O5S. The molecule has 0 saturated carbocycles. The van der Waals surface area contributed by atoms with Crippen LogP contribution in [0.2, 0.25) is 0 Å². The minimum Gasteiger partial charge on any atom is -0.343 e. The van der Waals surface area contributed by atoms with Crippen molar-refractivity contribution in [1.82, 2.24) is 9.62 Å². The summed E-state index contributed by atoms with van der Waals surface area (Å²) in [5.41, 5.74) is 2.97. The molecule has 0 bridgehead atoms. The number of sulfonamides is 1. The molecule has 0 aromatic heterocycles. The molecule has 4 atom stereocenters. The lowest BCUT2D eigenvalue weighted by atomic mass is 10.1. The maximum atomic E-state index is 14.3. The summed E-state index contributed by atoms with van der Waals surface area (Å²) in [6.07, 6.45) is -1.75. The standard InChI is InChI=1S/C29H33BrN2O5S/c1-20-13-15-23(16-14-20)38(33,34)32(19-22-11-7-8-12-24(22)30)26-25(18-31-17-21-9-5-4-6-10-21)35-28-27(26)36-29(2,3)37-28/h4-16,25-28,31H,17-19H2,1-3H3/t25-,26-,27-,28-/m1/s1. The Labute approximate surface area is 233 Å². The number of hydrogen-bond donors (Lipinski definition) is 1. The summed E-state index contributed by atoms with van der Waals surface area (Å²) in [6, 6.07) is 24.0. The third kappa shape index (κ3) is 5.89. The van der Waals surface area contributed by atoms with Crippen molar-refractivity contribution in [1.29, 1.82) is 0 Å². The van der Waals surface area contributed by atoms with E-state index in [1.807, 2.05) is 87.5 Å². The molecule has 0 radical (unpaired) electrons. The number of nitrogens with zero attached hydrogens (tertiary/aromatic N) is 1. The van der Waals surface area contributed by atoms with E-state index in [1.165, 1.54) is 4.31 Å². The second-order valence-corrected chi connectivity index (χ2v) is 12.9. The molecule has 2 fully saturated rings. The number of benzene rings is 3. The first kappa shape index (κ1) is 27.5. The fourth-order valence-electron chi connectivity index (χ4n) is 5.02. The van der Waals surface area contributed by atoms with E-state index in [4.69, 9.17) is 14.2 Å². The Morgan fingerprint density at radius 3 is 2.34 bits per heavy atom. The van der Waals surface area contributed by atoms with Gasteiger partial charge < -0.3 is 19.5 Å². The third-order valence-electron chi connectivity index (χ3n) is 6.88. The quantitative estimate of drug-likeness (QED) is 0.373. The Morgan fingerprint density at radius 1 is 0.947 bits per heavy atom. The van der Waals surface area contributed by atoms with Crippen LogP contribution in [0.3, 0.4) is 0 Å². The van der Waals surface area contributed by atoms with Crippen LogP contribution >= 0.6 is 15.9 Å². The Morgan fingerprint density at radius 2 is 1.63 bits per heavy atom. The number of rotatable bonds is 9. The van der Waals surface area contributed by atoms with Gasteiger partial charge in [0.05, 0.1) is 17.0 Å². The van der Waals surface area contributed by atoms with Gasteiger partial charge in [-0.2, -0.15) is 4.31 Å². The molecular weight excluding hydrogens is 568 g/mol. The normalized spacial score (nSPS) is 24.6. The minimum atomic E-state index is -3.93. The van der Waals surface area contributed by atoms with Crippen molar-refractivity contribution in [3.8, 4) is 0 Å². The van der Waals surface area contributed by atoms with Gasteiger partial charge in [0.15, 0.2) is 12.1 Å². The third-order valence-corrected chi connectivity index (χ3v) is 9.51. The average molecular weight is 602 g/mol. The highest BCUT2D eigenvalue weighted by atomic mass is 79.9. The predicted octanol–water partition coefficient (Wildman–Crippen LogP) is 4.98. The molecule has 3 aromatic carbocycles. The smallest absolute Gasteiger partial charge is 0.243 e. The van der Waals surface area contributed by atoms with Gasteiger partial charge in [-0.15, -0.1) is 0 Å². The van der Waals surface area contributed by atoms with Crippen molar-refractivity contribution in [2.24, 2.45) is 0 Å². The first-order chi connectivity index (χ1) is 18.1. The summed E-state index contributed by atoms with van der Waals surface area (Å²) >= 11 is 3.60. The van der Waals surface area contributed by atoms with Crippen LogP contribution in [0, 0.1) is 6.92 Å². The molecule has 9 heteroatoms. The molecule has 38 heavy (non-hydrogen) atoms. The highest BCUT2D eigenvalue weighted by molar-refractivity contribution is 9.10. The Hall–Kier alpha value is -2.11. The largest absolute Gasteiger partial charge is 0.343 e. The van der Waals surface area contributed by atoms with Gasteiger partial charge in [0.1, 0.15) is 6.10 Å². The van der Waals surface area contributed by atoms with Crippen molar-refractivity contribution in [3.63, 3.8) is 0 Å². The zero-order valence-corrected chi connectivity index (χ0v) is 24.1. The zero-order valence-electron chi connectivity index (χ0n) is 21.7. The second kappa shape index (κ2) is 11.2. The lowest BCUT2D eigenvalue weighted by Crippen LogP contribution is -2.53. The number of ether oxygens (including phenoxy) is 3. The van der Waals surface area contributed by atoms with Crippen LogP contribution in [0.4, 0.5) is 0 Å². The van der Waals surface area contributed by atoms with E-state index in [0.717, 1.165) is 21.2 Å². The maximum Gasteiger partial charge on any atom is 0.243 e. The molecule has 2 aliphatic rings. The van der Waals surface area contributed by atoms with Crippen LogP contribution in [0.25, 0.3) is 0 Å². The van der Waals surface area contributed by atoms with E-state index < -0.39 is 40.4 Å². The molecule has 202 valence electrons. The first-order valence-electron chi connectivity index (χ1n) is 12.7. The van der Waals surface area contributed by atoms with Gasteiger partial charge in [0, 0.05) is 24.1 Å². The molecule has 0 spiro atoms. The first-order valence-corrected chi connectivity index (χ1v) is 14.9. The van der Waals surface area contributed by atoms with Gasteiger partial charge in [-0.3, -0.25) is 0 Å². The van der Waals surface area contributed by atoms with Crippen molar-refractivity contribution in [2.45, 2.75) is 69.1 Å². The summed E-state index contributed by atoms with van der Waals surface area (Å²) in [5.74, 6) is -0.886. The molecule has 0 aliphatic carbocycles. The van der Waals surface area contributed by atoms with Crippen LogP contribution in [0.1, 0.15) is 30.5 Å². The van der Waals surface area contributed by atoms with Crippen molar-refractivity contribution in [2.75, 3.05) is 6.54 Å². The number of aryl methyl sites for hydroxylation is 1. The highest BCUT2D eigenvalue weighted by Crippen LogP contribution is 2.41. The molecule has 3 aromatic rings. The van der Waals surface area contributed by atoms with Gasteiger partial charge in [-0.25, -0.2) is 8.42 Å². The van der Waals surface area contributed by atoms with Crippen LogP contribution < -0.4 is 5.32 Å². The van der Waals surface area contributed by atoms with Crippen LogP contribution in [0.15, 0.2) is 88.2 Å². The Kier molecular flexibility index (Phi) is 8.07. The van der Waals surface area contributed by atoms with Crippen molar-refractivity contribution < 1.29 is 22.6 Å². The summed E-state index contributed by atoms with van der Waals surface area (Å²) in [4.78, 5) is 0.229. The van der Waals surface area contributed by atoms with E-state index in [0.29, 0.717) is 13.1 Å². The fourth-order valence-corrected chi connectivity index (χ4v) is 7.07. The molecule has 2 aliphatic heterocycles. The molecule has 0 amide bonds. The average Bonchev–Trinajstić information content (AvgIpc) is 3.35. The lowest BCUT2D eigenvalue weighted by Gasteiger charge is -2.35. The van der Waals surface area contributed by atoms with Crippen molar-refractivity contribution in [3.05, 3.63) is 100 Å². The minimum absolute atomic E-state index is 0.147. The number of halogens is 1. The van der Waals surface area contributed by atoms with Gasteiger partial charge >= 0.3 is 0 Å². The maximum absolute atomic E-state index is 14.3. The number of fused-ring (bicyclic) bond motifs is 1. The van der Waals surface area contributed by atoms with E-state index in [1.54, 1.807) is 12.1 Å². The monoisotopic (exact) mass is 600 g/mol. The highest BCUT2D eigenvalue weighted by Gasteiger charge is 2.58. The Balaban J connectivity index is 1.51. The van der Waals surface area contributed by atoms with Crippen molar-refractivity contribution >= 4 is 26.0 Å². The Bertz CT molecular complexity index is 1350. The van der Waals surface area contributed by atoms with E-state index in [2.05, 4.69) is 21.2 Å². The van der Waals surface area contributed by atoms with Gasteiger partial charge in [0.2, 0.25) is 10.0 Å². The summed E-state index contributed by atoms with van der Waals surface area (Å²) in [5, 5.41) is 3.45. The lowest BCUT2D eigenvalue weighted by molar-refractivity contribution is -0.208. The van der Waals surface area contributed by atoms with Crippen LogP contribution in [-0.2, 0) is 37.3 Å². The number of nitrogens with one attached hydrogen (secondary N) is 1. The summed E-state index contributed by atoms with van der Waals surface area (Å²) < 4.78 is 49.6. The molecule has 7 nitrogen and oxygen atoms in total. The predicted molar refractivity (Wildman–Crippen MR) is 149 cm³/mol. The molecule has 2 heterocycles. The number of hydrogen-bond acceptors (Lipinski definition) is 6. The molecule has 5 rings (SSSR count). The van der Waals surface area contributed by atoms with Gasteiger partial charge in [-0.1, -0.05) is 82.2 Å². The van der Waals surface area contributed by atoms with Gasteiger partial charge in [-0.05, 0) is 50.1 Å². The zero-order chi connectivity index (χ0) is 26.9. The van der Waals surface area contributed by atoms with E-state index in [9.17, 15) is 8.42 Å². The summed E-state index contributed by atoms with van der Waals surface area (Å²) in [6.45, 7) is 6.78. The molecule has 1 N–H and O–H groups in total. The van der Waals surface area contributed by atoms with Crippen LogP contribution in [0.5, 0.6) is 0 Å². The van der Waals surface area contributed by atoms with E-state index in [-0.39, 0.29) is 11.4 Å². The SMILES string of the molecule is Cc1ccc(S(=O)(=O)N(Cc2ccccc2Br)[C@H]2[C@H]3OC(C)(C)O[C@H]3O[C@@H]2CNCc2ccccc2)cc1.